The first-order valence-corrected chi connectivity index (χ1v) is 24.0. The third-order valence-corrected chi connectivity index (χ3v) is 13.4. The van der Waals surface area contributed by atoms with Crippen molar-refractivity contribution in [3.05, 3.63) is 106 Å². The molecule has 0 spiro atoms. The molecule has 1 unspecified atom stereocenters. The summed E-state index contributed by atoms with van der Waals surface area (Å²) >= 11 is 1.55. The van der Waals surface area contributed by atoms with Crippen molar-refractivity contribution in [2.24, 2.45) is 5.41 Å². The Bertz CT molecular complexity index is 2580. The average Bonchev–Trinajstić information content (AvgIpc) is 4.02. The Labute approximate surface area is 406 Å². The van der Waals surface area contributed by atoms with Gasteiger partial charge in [-0.2, -0.15) is 13.2 Å². The number of benzene rings is 3. The number of fused-ring (bicyclic) bond motifs is 3. The van der Waals surface area contributed by atoms with Gasteiger partial charge in [0.05, 0.1) is 67.8 Å². The van der Waals surface area contributed by atoms with Gasteiger partial charge in [-0.1, -0.05) is 63.2 Å². The topological polar surface area (TPSA) is 168 Å². The van der Waals surface area contributed by atoms with Crippen LogP contribution in [0.4, 0.5) is 22.0 Å². The minimum atomic E-state index is -4.61. The number of hydrogen-bond acceptors (Lipinski definition) is 11. The van der Waals surface area contributed by atoms with Crippen LogP contribution in [-0.4, -0.2) is 132 Å². The number of likely N-dealkylation sites (tertiary alicyclic amines) is 1. The molecule has 2 aliphatic heterocycles. The van der Waals surface area contributed by atoms with E-state index in [1.165, 1.54) is 4.90 Å². The summed E-state index contributed by atoms with van der Waals surface area (Å²) in [6.45, 7) is 7.72. The Balaban J connectivity index is 0.808. The molecule has 4 heterocycles. The van der Waals surface area contributed by atoms with E-state index in [2.05, 4.69) is 20.6 Å². The number of aliphatic hydroxyl groups excluding tert-OH is 1. The summed E-state index contributed by atoms with van der Waals surface area (Å²) in [6.07, 6.45) is -5.21. The van der Waals surface area contributed by atoms with Crippen LogP contribution in [0.3, 0.4) is 0 Å². The summed E-state index contributed by atoms with van der Waals surface area (Å²) in [6, 6.07) is 12.9. The zero-order valence-corrected chi connectivity index (χ0v) is 40.5. The number of rotatable bonds is 20. The van der Waals surface area contributed by atoms with Gasteiger partial charge in [0.1, 0.15) is 42.7 Å². The number of halogens is 5. The number of alkyl halides is 3. The van der Waals surface area contributed by atoms with E-state index in [4.69, 9.17) is 18.9 Å². The van der Waals surface area contributed by atoms with Gasteiger partial charge in [-0.15, -0.1) is 11.3 Å². The van der Waals surface area contributed by atoms with Gasteiger partial charge < -0.3 is 44.6 Å². The molecule has 70 heavy (non-hydrogen) atoms. The molecule has 7 rings (SSSR count). The summed E-state index contributed by atoms with van der Waals surface area (Å²) in [5.41, 5.74) is 5.05. The second kappa shape index (κ2) is 22.7. The van der Waals surface area contributed by atoms with Crippen LogP contribution in [0.25, 0.3) is 21.3 Å². The molecule has 378 valence electrons. The van der Waals surface area contributed by atoms with Crippen LogP contribution < -0.4 is 15.4 Å². The van der Waals surface area contributed by atoms with Crippen molar-refractivity contribution in [1.82, 2.24) is 30.4 Å². The maximum atomic E-state index is 15.8. The fourth-order valence-corrected chi connectivity index (χ4v) is 9.79. The first kappa shape index (κ1) is 52.3. The lowest BCUT2D eigenvalue weighted by molar-refractivity contribution is -0.155. The molecule has 0 bridgehead atoms. The molecule has 0 radical (unpaired) electrons. The summed E-state index contributed by atoms with van der Waals surface area (Å²) in [7, 11) is 0. The van der Waals surface area contributed by atoms with Crippen LogP contribution in [0.5, 0.6) is 5.75 Å². The number of carbonyl (C=O) groups is 3. The van der Waals surface area contributed by atoms with Gasteiger partial charge in [0.25, 0.3) is 0 Å². The second-order valence-electron chi connectivity index (χ2n) is 18.7. The molecule has 2 aliphatic rings. The largest absolute Gasteiger partial charge is 0.491 e. The Morgan fingerprint density at radius 1 is 0.943 bits per heavy atom. The third-order valence-electron chi connectivity index (χ3n) is 12.4. The molecule has 4 N–H and O–H groups in total. The van der Waals surface area contributed by atoms with E-state index < -0.39 is 83.3 Å². The van der Waals surface area contributed by atoms with Crippen molar-refractivity contribution < 1.29 is 60.4 Å². The zero-order chi connectivity index (χ0) is 50.3. The highest BCUT2D eigenvalue weighted by Gasteiger charge is 2.46. The standard InChI is InChI=1S/C50H59F5N6O8S/c1-29-20-36-35-8-6-7-9-39(35)58-43(36)44(61(29)27-50(53,54)55)42-37(51)22-34(23-38(42)52)69-19-18-67-15-14-66-16-17-68-26-41(63)59-46(49(3,4)5)48(65)60-25-33(62)21-40(60)47(64)56-24-31-10-12-32(13-11-31)45-30(2)57-28-70-45/h6-13,22-23,28-29,33,40,44,46,58,62H,14-21,24-27H2,1-5H3,(H,56,64)(H,59,63)/t29-,33-,40+,44-,46?/m1/s1. The van der Waals surface area contributed by atoms with Crippen molar-refractivity contribution in [3.63, 3.8) is 0 Å². The number of aromatic amines is 1. The Morgan fingerprint density at radius 3 is 2.24 bits per heavy atom. The Morgan fingerprint density at radius 2 is 1.60 bits per heavy atom. The monoisotopic (exact) mass is 998 g/mol. The lowest BCUT2D eigenvalue weighted by Crippen LogP contribution is -2.58. The maximum absolute atomic E-state index is 15.8. The van der Waals surface area contributed by atoms with E-state index in [1.54, 1.807) is 62.7 Å². The van der Waals surface area contributed by atoms with Crippen LogP contribution in [0.1, 0.15) is 68.2 Å². The lowest BCUT2D eigenvalue weighted by Gasteiger charge is -2.41. The number of nitrogens with one attached hydrogen (secondary N) is 3. The fraction of sp³-hybridized carbons (Fsp3) is 0.480. The molecule has 3 amide bonds. The number of aryl methyl sites for hydroxylation is 1. The van der Waals surface area contributed by atoms with E-state index in [0.717, 1.165) is 49.7 Å². The first-order chi connectivity index (χ1) is 33.3. The first-order valence-electron chi connectivity index (χ1n) is 23.1. The van der Waals surface area contributed by atoms with E-state index in [-0.39, 0.29) is 77.9 Å². The minimum absolute atomic E-state index is 0.0293. The number of H-pyrrole nitrogens is 1. The number of hydrogen-bond donors (Lipinski definition) is 4. The van der Waals surface area contributed by atoms with Crippen molar-refractivity contribution in [3.8, 4) is 16.2 Å². The molecule has 5 atom stereocenters. The highest BCUT2D eigenvalue weighted by Crippen LogP contribution is 2.44. The Hall–Kier alpha value is -5.51. The van der Waals surface area contributed by atoms with Crippen molar-refractivity contribution in [2.75, 3.05) is 59.3 Å². The van der Waals surface area contributed by atoms with Crippen LogP contribution in [0.2, 0.25) is 0 Å². The van der Waals surface area contributed by atoms with Crippen LogP contribution in [-0.2, 0) is 41.6 Å². The molecule has 5 aromatic rings. The Kier molecular flexibility index (Phi) is 17.0. The fourth-order valence-electron chi connectivity index (χ4n) is 8.98. The zero-order valence-electron chi connectivity index (χ0n) is 39.7. The number of β-amino-alcohol motifs (C(OH)–C–C–N with tert-alkyl or cyclic N) is 1. The van der Waals surface area contributed by atoms with Gasteiger partial charge in [0.15, 0.2) is 0 Å². The van der Waals surface area contributed by atoms with Crippen LogP contribution >= 0.6 is 11.3 Å². The molecule has 14 nitrogen and oxygen atoms in total. The number of nitrogens with zero attached hydrogens (tertiary/aromatic N) is 3. The highest BCUT2D eigenvalue weighted by molar-refractivity contribution is 7.13. The normalized spacial score (nSPS) is 19.0. The quantitative estimate of drug-likeness (QED) is 0.0471. The number of aromatic nitrogens is 2. The molecule has 0 aliphatic carbocycles. The summed E-state index contributed by atoms with van der Waals surface area (Å²) in [4.78, 5) is 51.2. The minimum Gasteiger partial charge on any atom is -0.491 e. The molecule has 3 aromatic carbocycles. The molecular weight excluding hydrogens is 940 g/mol. The van der Waals surface area contributed by atoms with Gasteiger partial charge in [-0.3, -0.25) is 19.3 Å². The lowest BCUT2D eigenvalue weighted by atomic mass is 9.85. The number of amides is 3. The van der Waals surface area contributed by atoms with E-state index >= 15 is 8.78 Å². The third kappa shape index (κ3) is 12.9. The average molecular weight is 999 g/mol. The summed E-state index contributed by atoms with van der Waals surface area (Å²) in [5.74, 6) is -3.71. The SMILES string of the molecule is Cc1ncsc1-c1ccc(CNC(=O)[C@@H]2C[C@@H](O)CN2C(=O)C(NC(=O)COCCOCCOCCOc2cc(F)c([C@@H]3c4[nH]c5ccccc5c4C[C@@H](C)N3CC(F)(F)F)c(F)c2)C(C)(C)C)cc1. The smallest absolute Gasteiger partial charge is 0.401 e. The van der Waals surface area contributed by atoms with Gasteiger partial charge in [0, 0.05) is 59.8 Å². The predicted octanol–water partition coefficient (Wildman–Crippen LogP) is 7.01. The summed E-state index contributed by atoms with van der Waals surface area (Å²) < 4.78 is 95.1. The molecule has 1 fully saturated rings. The predicted molar refractivity (Wildman–Crippen MR) is 252 cm³/mol. The van der Waals surface area contributed by atoms with Crippen molar-refractivity contribution >= 4 is 40.0 Å². The van der Waals surface area contributed by atoms with Crippen LogP contribution in [0.15, 0.2) is 66.2 Å². The van der Waals surface area contributed by atoms with E-state index in [9.17, 15) is 32.7 Å². The van der Waals surface area contributed by atoms with Gasteiger partial charge in [-0.05, 0) is 48.4 Å². The van der Waals surface area contributed by atoms with E-state index in [0.29, 0.717) is 11.2 Å². The maximum Gasteiger partial charge on any atom is 0.401 e. The molecule has 2 aromatic heterocycles. The second-order valence-corrected chi connectivity index (χ2v) is 19.5. The molecular formula is C50H59F5N6O8S. The van der Waals surface area contributed by atoms with Crippen LogP contribution in [0, 0.1) is 24.0 Å². The van der Waals surface area contributed by atoms with Gasteiger partial charge in [0.2, 0.25) is 17.7 Å². The number of ether oxygens (including phenoxy) is 4. The molecule has 0 saturated carbocycles. The summed E-state index contributed by atoms with van der Waals surface area (Å²) in [5, 5.41) is 17.0. The van der Waals surface area contributed by atoms with Crippen molar-refractivity contribution in [1.29, 1.82) is 0 Å². The van der Waals surface area contributed by atoms with Gasteiger partial charge in [-0.25, -0.2) is 13.8 Å². The van der Waals surface area contributed by atoms with Gasteiger partial charge >= 0.3 is 6.18 Å². The number of para-hydroxylation sites is 1. The number of thiazole rings is 1. The molecule has 20 heteroatoms. The molecule has 1 saturated heterocycles. The number of carbonyl (C=O) groups excluding carboxylic acids is 3. The van der Waals surface area contributed by atoms with Crippen molar-refractivity contribution in [2.45, 2.75) is 90.5 Å². The van der Waals surface area contributed by atoms with E-state index in [1.807, 2.05) is 37.3 Å². The highest BCUT2D eigenvalue weighted by atomic mass is 32.1. The number of aliphatic hydroxyl groups is 1.